The van der Waals surface area contributed by atoms with Gasteiger partial charge in [0.1, 0.15) is 17.5 Å². The van der Waals surface area contributed by atoms with Gasteiger partial charge >= 0.3 is 0 Å². The lowest BCUT2D eigenvalue weighted by Gasteiger charge is -2.13. The van der Waals surface area contributed by atoms with Crippen molar-refractivity contribution in [3.63, 3.8) is 0 Å². The Labute approximate surface area is 119 Å². The van der Waals surface area contributed by atoms with Gasteiger partial charge in [-0.3, -0.25) is 0 Å². The number of halogens is 3. The molecule has 106 valence electrons. The molecule has 2 aromatic rings. The standard InChI is InChI=1S/C15H13F3OS/c1-8-5-15(11(9(2)19)7-12(8)17)20-14-4-3-10(16)6-13(14)18/h3-7,9,19H,1-2H3. The molecule has 1 N–H and O–H groups in total. The molecule has 0 aliphatic rings. The van der Waals surface area contributed by atoms with Crippen LogP contribution in [0, 0.1) is 24.4 Å². The van der Waals surface area contributed by atoms with E-state index in [4.69, 9.17) is 0 Å². The smallest absolute Gasteiger partial charge is 0.140 e. The summed E-state index contributed by atoms with van der Waals surface area (Å²) >= 11 is 1.03. The Kier molecular flexibility index (Phi) is 4.40. The Morgan fingerprint density at radius 3 is 2.30 bits per heavy atom. The van der Waals surface area contributed by atoms with Crippen molar-refractivity contribution in [2.75, 3.05) is 0 Å². The van der Waals surface area contributed by atoms with Crippen molar-refractivity contribution in [1.82, 2.24) is 0 Å². The van der Waals surface area contributed by atoms with Crippen LogP contribution in [-0.2, 0) is 0 Å². The SMILES string of the molecule is Cc1cc(Sc2ccc(F)cc2F)c(C(C)O)cc1F. The van der Waals surface area contributed by atoms with Gasteiger partial charge in [0.15, 0.2) is 0 Å². The van der Waals surface area contributed by atoms with E-state index >= 15 is 0 Å². The first-order chi connectivity index (χ1) is 9.38. The zero-order valence-electron chi connectivity index (χ0n) is 11.0. The third-order valence-electron chi connectivity index (χ3n) is 2.85. The van der Waals surface area contributed by atoms with Gasteiger partial charge in [-0.2, -0.15) is 0 Å². The van der Waals surface area contributed by atoms with Crippen LogP contribution in [0.15, 0.2) is 40.1 Å². The Hall–Kier alpha value is -1.46. The van der Waals surface area contributed by atoms with Gasteiger partial charge in [0.2, 0.25) is 0 Å². The second kappa shape index (κ2) is 5.89. The van der Waals surface area contributed by atoms with Crippen LogP contribution < -0.4 is 0 Å². The van der Waals surface area contributed by atoms with Gasteiger partial charge in [0.25, 0.3) is 0 Å². The fraction of sp³-hybridized carbons (Fsp3) is 0.200. The summed E-state index contributed by atoms with van der Waals surface area (Å²) in [6.45, 7) is 3.10. The lowest BCUT2D eigenvalue weighted by atomic mass is 10.1. The van der Waals surface area contributed by atoms with Crippen molar-refractivity contribution >= 4 is 11.8 Å². The molecule has 0 bridgehead atoms. The minimum absolute atomic E-state index is 0.222. The summed E-state index contributed by atoms with van der Waals surface area (Å²) in [6, 6.07) is 6.05. The van der Waals surface area contributed by atoms with Gasteiger partial charge in [0.05, 0.1) is 6.10 Å². The molecule has 0 saturated heterocycles. The largest absolute Gasteiger partial charge is 0.389 e. The van der Waals surface area contributed by atoms with Crippen LogP contribution in [0.5, 0.6) is 0 Å². The Morgan fingerprint density at radius 1 is 1.00 bits per heavy atom. The summed E-state index contributed by atoms with van der Waals surface area (Å²) in [5, 5.41) is 9.68. The third-order valence-corrected chi connectivity index (χ3v) is 3.98. The van der Waals surface area contributed by atoms with Crippen LogP contribution in [-0.4, -0.2) is 5.11 Å². The number of hydrogen-bond donors (Lipinski definition) is 1. The van der Waals surface area contributed by atoms with Gasteiger partial charge in [-0.15, -0.1) is 0 Å². The van der Waals surface area contributed by atoms with E-state index in [1.807, 2.05) is 0 Å². The maximum Gasteiger partial charge on any atom is 0.140 e. The molecule has 0 heterocycles. The van der Waals surface area contributed by atoms with Crippen LogP contribution in [0.2, 0.25) is 0 Å². The van der Waals surface area contributed by atoms with Gasteiger partial charge in [-0.25, -0.2) is 13.2 Å². The van der Waals surface area contributed by atoms with Crippen molar-refractivity contribution < 1.29 is 18.3 Å². The molecule has 0 fully saturated rings. The summed E-state index contributed by atoms with van der Waals surface area (Å²) in [5.41, 5.74) is 0.779. The minimum Gasteiger partial charge on any atom is -0.389 e. The molecule has 0 spiro atoms. The molecule has 0 aromatic heterocycles. The van der Waals surface area contributed by atoms with Crippen molar-refractivity contribution in [3.05, 3.63) is 58.9 Å². The number of aliphatic hydroxyl groups excluding tert-OH is 1. The summed E-state index contributed by atoms with van der Waals surface area (Å²) in [7, 11) is 0. The molecule has 1 atom stereocenters. The summed E-state index contributed by atoms with van der Waals surface area (Å²) in [4.78, 5) is 0.767. The third kappa shape index (κ3) is 3.16. The molecule has 1 unspecified atom stereocenters. The molecule has 0 aliphatic carbocycles. The first-order valence-electron chi connectivity index (χ1n) is 5.99. The van der Waals surface area contributed by atoms with E-state index in [0.29, 0.717) is 16.0 Å². The van der Waals surface area contributed by atoms with Crippen LogP contribution >= 0.6 is 11.8 Å². The molecule has 2 aromatic carbocycles. The van der Waals surface area contributed by atoms with Gasteiger partial charge in [0, 0.05) is 15.9 Å². The normalized spacial score (nSPS) is 12.5. The summed E-state index contributed by atoms with van der Waals surface area (Å²) in [6.07, 6.45) is -0.879. The van der Waals surface area contributed by atoms with Crippen LogP contribution in [0.4, 0.5) is 13.2 Å². The average Bonchev–Trinajstić information content (AvgIpc) is 2.36. The number of aliphatic hydroxyl groups is 1. The molecule has 2 rings (SSSR count). The number of aryl methyl sites for hydroxylation is 1. The fourth-order valence-corrected chi connectivity index (χ4v) is 2.87. The zero-order valence-corrected chi connectivity index (χ0v) is 11.8. The molecule has 0 aliphatic heterocycles. The summed E-state index contributed by atoms with van der Waals surface area (Å²) in [5.74, 6) is -1.77. The van der Waals surface area contributed by atoms with Crippen LogP contribution in [0.1, 0.15) is 24.2 Å². The average molecular weight is 298 g/mol. The highest BCUT2D eigenvalue weighted by atomic mass is 32.2. The van der Waals surface area contributed by atoms with Crippen LogP contribution in [0.25, 0.3) is 0 Å². The molecule has 0 amide bonds. The lowest BCUT2D eigenvalue weighted by Crippen LogP contribution is -1.98. The van der Waals surface area contributed by atoms with Crippen molar-refractivity contribution in [1.29, 1.82) is 0 Å². The van der Waals surface area contributed by atoms with E-state index in [2.05, 4.69) is 0 Å². The number of benzene rings is 2. The van der Waals surface area contributed by atoms with E-state index in [9.17, 15) is 18.3 Å². The molecule has 20 heavy (non-hydrogen) atoms. The van der Waals surface area contributed by atoms with E-state index in [1.165, 1.54) is 19.1 Å². The molecule has 0 radical (unpaired) electrons. The van der Waals surface area contributed by atoms with E-state index in [1.54, 1.807) is 13.0 Å². The van der Waals surface area contributed by atoms with Gasteiger partial charge in [-0.05, 0) is 49.2 Å². The first kappa shape index (κ1) is 14.9. The highest BCUT2D eigenvalue weighted by molar-refractivity contribution is 7.99. The van der Waals surface area contributed by atoms with Gasteiger partial charge < -0.3 is 5.11 Å². The maximum atomic E-state index is 13.7. The fourth-order valence-electron chi connectivity index (χ4n) is 1.76. The predicted octanol–water partition coefficient (Wildman–Crippen LogP) is 4.62. The maximum absolute atomic E-state index is 13.7. The van der Waals surface area contributed by atoms with E-state index < -0.39 is 23.6 Å². The molecule has 5 heteroatoms. The quantitative estimate of drug-likeness (QED) is 0.892. The minimum atomic E-state index is -0.879. The topological polar surface area (TPSA) is 20.2 Å². The Balaban J connectivity index is 2.44. The summed E-state index contributed by atoms with van der Waals surface area (Å²) < 4.78 is 40.1. The van der Waals surface area contributed by atoms with E-state index in [-0.39, 0.29) is 4.90 Å². The first-order valence-corrected chi connectivity index (χ1v) is 6.81. The predicted molar refractivity (Wildman–Crippen MR) is 72.3 cm³/mol. The number of hydrogen-bond acceptors (Lipinski definition) is 2. The Bertz CT molecular complexity index is 641. The molecular formula is C15H13F3OS. The zero-order chi connectivity index (χ0) is 14.9. The second-order valence-corrected chi connectivity index (χ2v) is 5.58. The van der Waals surface area contributed by atoms with Gasteiger partial charge in [-0.1, -0.05) is 11.8 Å². The highest BCUT2D eigenvalue weighted by Crippen LogP contribution is 2.36. The van der Waals surface area contributed by atoms with E-state index in [0.717, 1.165) is 23.9 Å². The number of rotatable bonds is 3. The molecule has 0 saturated carbocycles. The van der Waals surface area contributed by atoms with Crippen molar-refractivity contribution in [2.24, 2.45) is 0 Å². The van der Waals surface area contributed by atoms with Crippen molar-refractivity contribution in [2.45, 2.75) is 29.7 Å². The second-order valence-electron chi connectivity index (χ2n) is 4.49. The van der Waals surface area contributed by atoms with Crippen LogP contribution in [0.3, 0.4) is 0 Å². The molecule has 1 nitrogen and oxygen atoms in total. The Morgan fingerprint density at radius 2 is 1.70 bits per heavy atom. The van der Waals surface area contributed by atoms with Crippen molar-refractivity contribution in [3.8, 4) is 0 Å². The molecular weight excluding hydrogens is 285 g/mol. The monoisotopic (exact) mass is 298 g/mol. The highest BCUT2D eigenvalue weighted by Gasteiger charge is 2.15. The lowest BCUT2D eigenvalue weighted by molar-refractivity contribution is 0.196.